The van der Waals surface area contributed by atoms with E-state index in [1.54, 1.807) is 6.92 Å². The first-order chi connectivity index (χ1) is 14.2. The highest BCUT2D eigenvalue weighted by Gasteiger charge is 2.47. The van der Waals surface area contributed by atoms with E-state index in [-0.39, 0.29) is 17.2 Å². The van der Waals surface area contributed by atoms with Gasteiger partial charge < -0.3 is 9.64 Å². The number of carbonyl (C=O) groups is 2. The van der Waals surface area contributed by atoms with Gasteiger partial charge in [0.15, 0.2) is 12.1 Å². The topological polar surface area (TPSA) is 101 Å². The highest BCUT2D eigenvalue weighted by molar-refractivity contribution is 8.70. The maximum absolute atomic E-state index is 13.1. The van der Waals surface area contributed by atoms with Gasteiger partial charge >= 0.3 is 15.1 Å². The summed E-state index contributed by atoms with van der Waals surface area (Å²) in [5.41, 5.74) is 1.82. The summed E-state index contributed by atoms with van der Waals surface area (Å²) in [7, 11) is -4.18. The number of nitrogens with zero attached hydrogens (tertiary/aromatic N) is 1. The van der Waals surface area contributed by atoms with Crippen LogP contribution in [-0.2, 0) is 23.5 Å². The van der Waals surface area contributed by atoms with Crippen LogP contribution in [0.15, 0.2) is 72.8 Å². The SMILES string of the molecule is C=C(C)[C@H](C(=O)OC(c1ccccc1)c1ccccc1)N1C(=O)C[C@H]1SS(=O)(=O)O. The van der Waals surface area contributed by atoms with E-state index in [0.717, 1.165) is 16.0 Å². The van der Waals surface area contributed by atoms with Crippen molar-refractivity contribution in [2.45, 2.75) is 30.9 Å². The van der Waals surface area contributed by atoms with Gasteiger partial charge in [-0.3, -0.25) is 9.35 Å². The first kappa shape index (κ1) is 22.1. The van der Waals surface area contributed by atoms with Crippen molar-refractivity contribution < 1.29 is 27.3 Å². The molecule has 0 unspecified atom stereocenters. The lowest BCUT2D eigenvalue weighted by molar-refractivity contribution is -0.162. The fourth-order valence-corrected chi connectivity index (χ4v) is 5.40. The van der Waals surface area contributed by atoms with E-state index in [0.29, 0.717) is 5.57 Å². The lowest BCUT2D eigenvalue weighted by Crippen LogP contribution is -2.59. The van der Waals surface area contributed by atoms with Crippen molar-refractivity contribution >= 4 is 31.8 Å². The Balaban J connectivity index is 1.89. The molecule has 1 amide bonds. The zero-order chi connectivity index (χ0) is 21.9. The largest absolute Gasteiger partial charge is 0.451 e. The van der Waals surface area contributed by atoms with Crippen LogP contribution in [0.3, 0.4) is 0 Å². The first-order valence-corrected chi connectivity index (χ1v) is 11.9. The third-order valence-corrected chi connectivity index (χ3v) is 6.84. The minimum atomic E-state index is -4.39. The normalized spacial score (nSPS) is 17.4. The molecule has 1 fully saturated rings. The monoisotopic (exact) mass is 447 g/mol. The van der Waals surface area contributed by atoms with Gasteiger partial charge in [-0.25, -0.2) is 4.79 Å². The fourth-order valence-electron chi connectivity index (χ4n) is 3.25. The Hall–Kier alpha value is -2.62. The zero-order valence-corrected chi connectivity index (χ0v) is 17.8. The molecule has 158 valence electrons. The van der Waals surface area contributed by atoms with Crippen LogP contribution in [0.2, 0.25) is 0 Å². The highest BCUT2D eigenvalue weighted by atomic mass is 33.1. The van der Waals surface area contributed by atoms with Gasteiger partial charge in [0.2, 0.25) is 5.91 Å². The van der Waals surface area contributed by atoms with Crippen LogP contribution in [0.25, 0.3) is 0 Å². The smallest absolute Gasteiger partial charge is 0.334 e. The van der Waals surface area contributed by atoms with Crippen molar-refractivity contribution in [1.29, 1.82) is 0 Å². The standard InChI is InChI=1S/C21H21NO6S2/c1-14(2)19(22-17(23)13-18(22)29-30(25,26)27)21(24)28-20(15-9-5-3-6-10-15)16-11-7-4-8-12-16/h3-12,18-20H,1,13H2,2H3,(H,25,26,27)/t18-,19-/m1/s1. The molecule has 3 rings (SSSR count). The van der Waals surface area contributed by atoms with Gasteiger partial charge in [-0.05, 0) is 23.6 Å². The summed E-state index contributed by atoms with van der Waals surface area (Å²) in [5, 5.41) is -0.895. The molecule has 2 aromatic rings. The Labute approximate surface area is 178 Å². The molecule has 0 radical (unpaired) electrons. The molecule has 2 aromatic carbocycles. The molecule has 1 saturated heterocycles. The van der Waals surface area contributed by atoms with Gasteiger partial charge in [-0.1, -0.05) is 67.2 Å². The molecule has 0 spiro atoms. The number of carbonyl (C=O) groups excluding carboxylic acids is 2. The van der Waals surface area contributed by atoms with Crippen LogP contribution >= 0.6 is 10.8 Å². The highest BCUT2D eigenvalue weighted by Crippen LogP contribution is 2.37. The van der Waals surface area contributed by atoms with Gasteiger partial charge in [0, 0.05) is 10.8 Å². The average Bonchev–Trinajstić information content (AvgIpc) is 2.69. The number of hydrogen-bond acceptors (Lipinski definition) is 6. The molecule has 1 aliphatic rings. The van der Waals surface area contributed by atoms with Crippen LogP contribution in [0.4, 0.5) is 0 Å². The molecule has 1 N–H and O–H groups in total. The summed E-state index contributed by atoms with van der Waals surface area (Å²) in [6.07, 6.45) is -0.826. The molecule has 7 nitrogen and oxygen atoms in total. The Bertz CT molecular complexity index is 1000. The third kappa shape index (κ3) is 5.10. The third-order valence-electron chi connectivity index (χ3n) is 4.59. The minimum absolute atomic E-state index is 0.109. The molecule has 0 bridgehead atoms. The van der Waals surface area contributed by atoms with Gasteiger partial charge in [0.1, 0.15) is 5.37 Å². The second-order valence-electron chi connectivity index (χ2n) is 6.87. The molecule has 9 heteroatoms. The van der Waals surface area contributed by atoms with E-state index < -0.39 is 38.5 Å². The molecule has 1 aliphatic heterocycles. The van der Waals surface area contributed by atoms with Crippen molar-refractivity contribution in [1.82, 2.24) is 4.90 Å². The predicted molar refractivity (Wildman–Crippen MR) is 114 cm³/mol. The molecule has 2 atom stereocenters. The Morgan fingerprint density at radius 1 is 1.13 bits per heavy atom. The van der Waals surface area contributed by atoms with E-state index in [1.165, 1.54) is 0 Å². The number of amides is 1. The second-order valence-corrected chi connectivity index (χ2v) is 10.3. The minimum Gasteiger partial charge on any atom is -0.451 e. The Kier molecular flexibility index (Phi) is 6.64. The van der Waals surface area contributed by atoms with Crippen LogP contribution in [0.1, 0.15) is 30.6 Å². The molecule has 0 aromatic heterocycles. The molecule has 30 heavy (non-hydrogen) atoms. The molecular formula is C21H21NO6S2. The Morgan fingerprint density at radius 3 is 2.03 bits per heavy atom. The van der Waals surface area contributed by atoms with E-state index in [1.807, 2.05) is 60.7 Å². The van der Waals surface area contributed by atoms with E-state index >= 15 is 0 Å². The number of rotatable bonds is 8. The summed E-state index contributed by atoms with van der Waals surface area (Å²) in [6.45, 7) is 5.34. The van der Waals surface area contributed by atoms with Crippen molar-refractivity contribution in [3.8, 4) is 0 Å². The van der Waals surface area contributed by atoms with E-state index in [4.69, 9.17) is 9.29 Å². The number of benzene rings is 2. The van der Waals surface area contributed by atoms with Crippen LogP contribution in [0, 0.1) is 0 Å². The van der Waals surface area contributed by atoms with Crippen molar-refractivity contribution in [3.63, 3.8) is 0 Å². The summed E-state index contributed by atoms with van der Waals surface area (Å²) in [5.74, 6) is -1.15. The number of β-lactam (4-membered cyclic amide) rings is 1. The number of ether oxygens (including phenoxy) is 1. The van der Waals surface area contributed by atoms with Gasteiger partial charge in [0.25, 0.3) is 0 Å². The van der Waals surface area contributed by atoms with Crippen molar-refractivity contribution in [2.75, 3.05) is 0 Å². The quantitative estimate of drug-likeness (QED) is 0.218. The predicted octanol–water partition coefficient (Wildman–Crippen LogP) is 3.36. The maximum Gasteiger partial charge on any atom is 0.334 e. The molecule has 0 saturated carbocycles. The summed E-state index contributed by atoms with van der Waals surface area (Å²) >= 11 is 0. The van der Waals surface area contributed by atoms with Crippen LogP contribution in [0.5, 0.6) is 0 Å². The zero-order valence-electron chi connectivity index (χ0n) is 16.2. The lowest BCUT2D eigenvalue weighted by Gasteiger charge is -2.43. The molecular weight excluding hydrogens is 426 g/mol. The molecule has 1 heterocycles. The van der Waals surface area contributed by atoms with Gasteiger partial charge in [-0.2, -0.15) is 8.42 Å². The van der Waals surface area contributed by atoms with Gasteiger partial charge in [0.05, 0.1) is 6.42 Å². The number of esters is 1. The first-order valence-electron chi connectivity index (χ1n) is 9.10. The summed E-state index contributed by atoms with van der Waals surface area (Å²) in [4.78, 5) is 26.4. The van der Waals surface area contributed by atoms with Gasteiger partial charge in [-0.15, -0.1) is 0 Å². The molecule has 0 aliphatic carbocycles. The number of likely N-dealkylation sites (tertiary alicyclic amines) is 1. The summed E-state index contributed by atoms with van der Waals surface area (Å²) < 4.78 is 37.4. The van der Waals surface area contributed by atoms with E-state index in [9.17, 15) is 18.0 Å². The maximum atomic E-state index is 13.1. The summed E-state index contributed by atoms with van der Waals surface area (Å²) in [6, 6.07) is 17.1. The van der Waals surface area contributed by atoms with Crippen molar-refractivity contribution in [2.24, 2.45) is 0 Å². The average molecular weight is 448 g/mol. The lowest BCUT2D eigenvalue weighted by atomic mass is 10.00. The second kappa shape index (κ2) is 9.03. The van der Waals surface area contributed by atoms with Crippen LogP contribution < -0.4 is 0 Å². The van der Waals surface area contributed by atoms with E-state index in [2.05, 4.69) is 6.58 Å². The van der Waals surface area contributed by atoms with Crippen LogP contribution in [-0.4, -0.2) is 41.2 Å². The Morgan fingerprint density at radius 2 is 1.63 bits per heavy atom. The fraction of sp³-hybridized carbons (Fsp3) is 0.238. The number of hydrogen-bond donors (Lipinski definition) is 1. The van der Waals surface area contributed by atoms with Crippen molar-refractivity contribution in [3.05, 3.63) is 83.9 Å².